The Morgan fingerprint density at radius 2 is 1.76 bits per heavy atom. The van der Waals surface area contributed by atoms with E-state index in [0.29, 0.717) is 11.1 Å². The van der Waals surface area contributed by atoms with Gasteiger partial charge in [-0.05, 0) is 24.1 Å². The highest BCUT2D eigenvalue weighted by atomic mass is 16.4. The maximum Gasteiger partial charge on any atom is 0.320 e. The molecule has 2 aromatic rings. The number of carboxylic acids is 1. The van der Waals surface area contributed by atoms with E-state index in [4.69, 9.17) is 10.8 Å². The van der Waals surface area contributed by atoms with Gasteiger partial charge in [-0.3, -0.25) is 9.59 Å². The normalized spacial score (nSPS) is 11.9. The standard InChI is InChI=1S/C16H15NO4/c17-14(16(20)21)8-11-6-7-12(18)9-13(11)15(19)10-4-2-1-3-5-10/h1-7,9,14,18H,8,17H2,(H,20,21)/t14-/m0/s1. The molecule has 0 aliphatic rings. The van der Waals surface area contributed by atoms with Gasteiger partial charge in [0.1, 0.15) is 11.8 Å². The molecule has 0 aliphatic heterocycles. The van der Waals surface area contributed by atoms with Gasteiger partial charge in [0, 0.05) is 11.1 Å². The highest BCUT2D eigenvalue weighted by Gasteiger charge is 2.19. The summed E-state index contributed by atoms with van der Waals surface area (Å²) in [5.41, 5.74) is 6.75. The lowest BCUT2D eigenvalue weighted by atomic mass is 9.94. The first-order chi connectivity index (χ1) is 9.99. The second-order valence-electron chi connectivity index (χ2n) is 4.69. The minimum Gasteiger partial charge on any atom is -0.508 e. The predicted molar refractivity (Wildman–Crippen MR) is 77.3 cm³/mol. The number of carbonyl (C=O) groups excluding carboxylic acids is 1. The Morgan fingerprint density at radius 3 is 2.38 bits per heavy atom. The summed E-state index contributed by atoms with van der Waals surface area (Å²) in [5, 5.41) is 18.5. The van der Waals surface area contributed by atoms with E-state index in [1.165, 1.54) is 18.2 Å². The number of rotatable bonds is 5. The Hall–Kier alpha value is -2.66. The molecule has 5 heteroatoms. The Bertz CT molecular complexity index is 667. The third-order valence-corrected chi connectivity index (χ3v) is 3.13. The fourth-order valence-corrected chi connectivity index (χ4v) is 2.02. The van der Waals surface area contributed by atoms with Crippen molar-refractivity contribution >= 4 is 11.8 Å². The number of phenols is 1. The van der Waals surface area contributed by atoms with E-state index < -0.39 is 12.0 Å². The van der Waals surface area contributed by atoms with Crippen molar-refractivity contribution < 1.29 is 19.8 Å². The molecule has 0 heterocycles. The van der Waals surface area contributed by atoms with Gasteiger partial charge >= 0.3 is 5.97 Å². The molecule has 0 radical (unpaired) electrons. The average Bonchev–Trinajstić information content (AvgIpc) is 2.49. The molecule has 0 bridgehead atoms. The van der Waals surface area contributed by atoms with Crippen molar-refractivity contribution in [2.24, 2.45) is 5.73 Å². The number of hydrogen-bond donors (Lipinski definition) is 3. The smallest absolute Gasteiger partial charge is 0.320 e. The highest BCUT2D eigenvalue weighted by molar-refractivity contribution is 6.10. The predicted octanol–water partition coefficient (Wildman–Crippen LogP) is 1.58. The minimum absolute atomic E-state index is 0.0174. The van der Waals surface area contributed by atoms with E-state index in [1.807, 2.05) is 0 Å². The van der Waals surface area contributed by atoms with Crippen LogP contribution in [0.15, 0.2) is 48.5 Å². The summed E-state index contributed by atoms with van der Waals surface area (Å²) >= 11 is 0. The van der Waals surface area contributed by atoms with E-state index in [9.17, 15) is 14.7 Å². The molecular formula is C16H15NO4. The lowest BCUT2D eigenvalue weighted by Gasteiger charge is -2.12. The summed E-state index contributed by atoms with van der Waals surface area (Å²) in [5.74, 6) is -1.47. The second-order valence-corrected chi connectivity index (χ2v) is 4.69. The Labute approximate surface area is 121 Å². The van der Waals surface area contributed by atoms with Crippen LogP contribution in [0.4, 0.5) is 0 Å². The molecule has 2 rings (SSSR count). The zero-order valence-corrected chi connectivity index (χ0v) is 11.2. The molecule has 108 valence electrons. The summed E-state index contributed by atoms with van der Waals surface area (Å²) in [7, 11) is 0. The molecule has 0 aliphatic carbocycles. The lowest BCUT2D eigenvalue weighted by molar-refractivity contribution is -0.138. The number of aliphatic carboxylic acids is 1. The van der Waals surface area contributed by atoms with E-state index in [0.717, 1.165) is 0 Å². The van der Waals surface area contributed by atoms with Gasteiger partial charge in [-0.15, -0.1) is 0 Å². The molecule has 0 amide bonds. The number of ketones is 1. The van der Waals surface area contributed by atoms with Crippen molar-refractivity contribution in [1.82, 2.24) is 0 Å². The first kappa shape index (κ1) is 14.7. The maximum atomic E-state index is 12.5. The van der Waals surface area contributed by atoms with Crippen molar-refractivity contribution in [3.8, 4) is 5.75 Å². The SMILES string of the molecule is N[C@@H](Cc1ccc(O)cc1C(=O)c1ccccc1)C(=O)O. The van der Waals surface area contributed by atoms with E-state index in [-0.39, 0.29) is 23.5 Å². The van der Waals surface area contributed by atoms with Gasteiger partial charge in [0.05, 0.1) is 0 Å². The first-order valence-electron chi connectivity index (χ1n) is 6.39. The van der Waals surface area contributed by atoms with Crippen LogP contribution in [0.3, 0.4) is 0 Å². The summed E-state index contributed by atoms with van der Waals surface area (Å²) in [4.78, 5) is 23.3. The fraction of sp³-hybridized carbons (Fsp3) is 0.125. The highest BCUT2D eigenvalue weighted by Crippen LogP contribution is 2.21. The van der Waals surface area contributed by atoms with Gasteiger partial charge < -0.3 is 15.9 Å². The number of aromatic hydroxyl groups is 1. The summed E-state index contributed by atoms with van der Waals surface area (Å²) in [6, 6.07) is 11.7. The van der Waals surface area contributed by atoms with Gasteiger partial charge in [0.25, 0.3) is 0 Å². The zero-order chi connectivity index (χ0) is 15.4. The van der Waals surface area contributed by atoms with Crippen LogP contribution in [-0.4, -0.2) is 28.0 Å². The number of carboxylic acid groups (broad SMARTS) is 1. The van der Waals surface area contributed by atoms with Crippen molar-refractivity contribution in [3.63, 3.8) is 0 Å². The van der Waals surface area contributed by atoms with Gasteiger partial charge in [-0.25, -0.2) is 0 Å². The Kier molecular flexibility index (Phi) is 4.35. The van der Waals surface area contributed by atoms with E-state index in [2.05, 4.69) is 0 Å². The van der Waals surface area contributed by atoms with Crippen LogP contribution >= 0.6 is 0 Å². The van der Waals surface area contributed by atoms with Crippen molar-refractivity contribution in [2.75, 3.05) is 0 Å². The molecule has 0 spiro atoms. The molecule has 1 atom stereocenters. The maximum absolute atomic E-state index is 12.5. The van der Waals surface area contributed by atoms with Crippen molar-refractivity contribution in [2.45, 2.75) is 12.5 Å². The van der Waals surface area contributed by atoms with Gasteiger partial charge in [0.2, 0.25) is 0 Å². The van der Waals surface area contributed by atoms with Crippen molar-refractivity contribution in [3.05, 3.63) is 65.2 Å². The van der Waals surface area contributed by atoms with E-state index in [1.54, 1.807) is 30.3 Å². The largest absolute Gasteiger partial charge is 0.508 e. The van der Waals surface area contributed by atoms with Crippen LogP contribution in [0.5, 0.6) is 5.75 Å². The molecule has 0 aromatic heterocycles. The third kappa shape index (κ3) is 3.46. The monoisotopic (exact) mass is 285 g/mol. The number of hydrogen-bond acceptors (Lipinski definition) is 4. The third-order valence-electron chi connectivity index (χ3n) is 3.13. The number of nitrogens with two attached hydrogens (primary N) is 1. The van der Waals surface area contributed by atoms with E-state index >= 15 is 0 Å². The molecular weight excluding hydrogens is 270 g/mol. The quantitative estimate of drug-likeness (QED) is 0.724. The molecule has 21 heavy (non-hydrogen) atoms. The summed E-state index contributed by atoms with van der Waals surface area (Å²) < 4.78 is 0. The molecule has 0 fully saturated rings. The Balaban J connectivity index is 2.40. The molecule has 5 nitrogen and oxygen atoms in total. The van der Waals surface area contributed by atoms with Crippen LogP contribution in [0.25, 0.3) is 0 Å². The summed E-state index contributed by atoms with van der Waals surface area (Å²) in [6.07, 6.45) is 0.0174. The molecule has 0 saturated carbocycles. The minimum atomic E-state index is -1.14. The molecule has 0 unspecified atom stereocenters. The number of benzene rings is 2. The van der Waals surface area contributed by atoms with Crippen LogP contribution in [0.2, 0.25) is 0 Å². The van der Waals surface area contributed by atoms with Crippen LogP contribution < -0.4 is 5.73 Å². The Morgan fingerprint density at radius 1 is 1.10 bits per heavy atom. The first-order valence-corrected chi connectivity index (χ1v) is 6.39. The van der Waals surface area contributed by atoms with Crippen molar-refractivity contribution in [1.29, 1.82) is 0 Å². The summed E-state index contributed by atoms with van der Waals surface area (Å²) in [6.45, 7) is 0. The van der Waals surface area contributed by atoms with Crippen LogP contribution in [0, 0.1) is 0 Å². The molecule has 2 aromatic carbocycles. The second kappa shape index (κ2) is 6.19. The molecule has 0 saturated heterocycles. The fourth-order valence-electron chi connectivity index (χ4n) is 2.02. The number of carbonyl (C=O) groups is 2. The zero-order valence-electron chi connectivity index (χ0n) is 11.2. The van der Waals surface area contributed by atoms with Crippen LogP contribution in [0.1, 0.15) is 21.5 Å². The van der Waals surface area contributed by atoms with Crippen LogP contribution in [-0.2, 0) is 11.2 Å². The molecule has 4 N–H and O–H groups in total. The van der Waals surface area contributed by atoms with Gasteiger partial charge in [0.15, 0.2) is 5.78 Å². The number of phenolic OH excluding ortho intramolecular Hbond substituents is 1. The van der Waals surface area contributed by atoms with Gasteiger partial charge in [-0.1, -0.05) is 36.4 Å². The topological polar surface area (TPSA) is 101 Å². The average molecular weight is 285 g/mol. The van der Waals surface area contributed by atoms with Gasteiger partial charge in [-0.2, -0.15) is 0 Å². The lowest BCUT2D eigenvalue weighted by Crippen LogP contribution is -2.32.